The third-order valence-corrected chi connectivity index (χ3v) is 4.69. The zero-order valence-corrected chi connectivity index (χ0v) is 13.2. The molecule has 23 heavy (non-hydrogen) atoms. The van der Waals surface area contributed by atoms with E-state index in [1.807, 2.05) is 20.8 Å². The van der Waals surface area contributed by atoms with Crippen molar-refractivity contribution in [2.75, 3.05) is 6.61 Å². The molecule has 0 bridgehead atoms. The molecule has 0 saturated carbocycles. The number of nitrogens with one attached hydrogen (secondary N) is 1. The summed E-state index contributed by atoms with van der Waals surface area (Å²) in [6, 6.07) is 1.64. The van der Waals surface area contributed by atoms with Crippen molar-refractivity contribution in [1.82, 2.24) is 9.97 Å². The minimum atomic E-state index is -1.27. The van der Waals surface area contributed by atoms with E-state index >= 15 is 0 Å². The van der Waals surface area contributed by atoms with Crippen LogP contribution in [0.3, 0.4) is 0 Å². The second-order valence-electron chi connectivity index (χ2n) is 6.02. The highest BCUT2D eigenvalue weighted by Crippen LogP contribution is 2.33. The molecule has 0 amide bonds. The van der Waals surface area contributed by atoms with Gasteiger partial charge >= 0.3 is 0 Å². The number of fused-ring (bicyclic) bond motifs is 1. The number of aromatic amines is 1. The Bertz CT molecular complexity index is 816. The molecule has 2 aromatic heterocycles. The van der Waals surface area contributed by atoms with Gasteiger partial charge in [-0.2, -0.15) is 0 Å². The molecular formula is C16H20N2O5. The molecule has 1 fully saturated rings. The standard InChI is InChI=1S/C16H20N2O5/c1-6-7(2)9-4-10(16(22)18-15(9)17-8(6)3)14-13(21)12(20)11(5-19)23-14/h4,11-14,19-21H,5H2,1-3H3,(H,17,18,22). The van der Waals surface area contributed by atoms with Gasteiger partial charge in [0, 0.05) is 16.6 Å². The number of aliphatic hydroxyl groups is 3. The van der Waals surface area contributed by atoms with E-state index in [1.54, 1.807) is 6.07 Å². The predicted molar refractivity (Wildman–Crippen MR) is 83.3 cm³/mol. The molecule has 0 aliphatic carbocycles. The molecule has 4 N–H and O–H groups in total. The maximum Gasteiger partial charge on any atom is 0.255 e. The summed E-state index contributed by atoms with van der Waals surface area (Å²) in [7, 11) is 0. The quantitative estimate of drug-likeness (QED) is 0.619. The summed E-state index contributed by atoms with van der Waals surface area (Å²) in [6.07, 6.45) is -4.41. The second kappa shape index (κ2) is 5.68. The van der Waals surface area contributed by atoms with Gasteiger partial charge in [0.2, 0.25) is 0 Å². The molecule has 1 saturated heterocycles. The summed E-state index contributed by atoms with van der Waals surface area (Å²) < 4.78 is 5.45. The van der Waals surface area contributed by atoms with E-state index in [4.69, 9.17) is 4.74 Å². The molecule has 2 aromatic rings. The Morgan fingerprint density at radius 2 is 1.91 bits per heavy atom. The molecule has 3 heterocycles. The van der Waals surface area contributed by atoms with Crippen molar-refractivity contribution >= 4 is 11.0 Å². The van der Waals surface area contributed by atoms with Gasteiger partial charge in [0.05, 0.1) is 6.61 Å². The van der Waals surface area contributed by atoms with Crippen LogP contribution in [-0.4, -0.2) is 50.2 Å². The number of rotatable bonds is 2. The average Bonchev–Trinajstić information content (AvgIpc) is 2.80. The van der Waals surface area contributed by atoms with Crippen LogP contribution >= 0.6 is 0 Å². The summed E-state index contributed by atoms with van der Waals surface area (Å²) in [5.41, 5.74) is 3.11. The third-order valence-electron chi connectivity index (χ3n) is 4.69. The summed E-state index contributed by atoms with van der Waals surface area (Å²) >= 11 is 0. The van der Waals surface area contributed by atoms with E-state index in [-0.39, 0.29) is 5.56 Å². The van der Waals surface area contributed by atoms with Crippen LogP contribution in [0.1, 0.15) is 28.5 Å². The molecule has 124 valence electrons. The number of pyridine rings is 2. The minimum absolute atomic E-state index is 0.216. The molecular weight excluding hydrogens is 300 g/mol. The normalized spacial score (nSPS) is 27.7. The van der Waals surface area contributed by atoms with Crippen LogP contribution < -0.4 is 5.56 Å². The average molecular weight is 320 g/mol. The smallest absolute Gasteiger partial charge is 0.255 e. The molecule has 1 aliphatic rings. The number of aryl methyl sites for hydroxylation is 2. The van der Waals surface area contributed by atoms with Crippen LogP contribution in [0.15, 0.2) is 10.9 Å². The lowest BCUT2D eigenvalue weighted by molar-refractivity contribution is -0.0231. The van der Waals surface area contributed by atoms with E-state index in [9.17, 15) is 20.1 Å². The fourth-order valence-electron chi connectivity index (χ4n) is 3.00. The van der Waals surface area contributed by atoms with Crippen LogP contribution in [-0.2, 0) is 4.74 Å². The number of nitrogens with zero attached hydrogens (tertiary/aromatic N) is 1. The minimum Gasteiger partial charge on any atom is -0.394 e. The summed E-state index contributed by atoms with van der Waals surface area (Å²) in [5, 5.41) is 29.9. The van der Waals surface area contributed by atoms with Crippen molar-refractivity contribution in [3.05, 3.63) is 38.8 Å². The number of hydrogen-bond donors (Lipinski definition) is 4. The number of aromatic nitrogens is 2. The van der Waals surface area contributed by atoms with E-state index in [0.29, 0.717) is 5.65 Å². The van der Waals surface area contributed by atoms with Crippen molar-refractivity contribution in [3.8, 4) is 0 Å². The maximum absolute atomic E-state index is 12.3. The molecule has 7 heteroatoms. The van der Waals surface area contributed by atoms with E-state index in [0.717, 1.165) is 22.2 Å². The Morgan fingerprint density at radius 3 is 2.52 bits per heavy atom. The topological polar surface area (TPSA) is 116 Å². The summed E-state index contributed by atoms with van der Waals surface area (Å²) in [5.74, 6) is 0. The molecule has 0 spiro atoms. The van der Waals surface area contributed by atoms with Crippen molar-refractivity contribution < 1.29 is 20.1 Å². The van der Waals surface area contributed by atoms with Gasteiger partial charge in [-0.1, -0.05) is 0 Å². The Balaban J connectivity index is 2.16. The highest BCUT2D eigenvalue weighted by molar-refractivity contribution is 5.80. The van der Waals surface area contributed by atoms with Gasteiger partial charge in [-0.05, 0) is 38.0 Å². The second-order valence-corrected chi connectivity index (χ2v) is 6.02. The van der Waals surface area contributed by atoms with Crippen LogP contribution in [0.2, 0.25) is 0 Å². The largest absolute Gasteiger partial charge is 0.394 e. The molecule has 3 rings (SSSR count). The first kappa shape index (κ1) is 16.1. The Labute approximate surface area is 132 Å². The Hall–Kier alpha value is -1.80. The first-order valence-corrected chi connectivity index (χ1v) is 7.48. The molecule has 0 radical (unpaired) electrons. The molecule has 0 aromatic carbocycles. The first-order valence-electron chi connectivity index (χ1n) is 7.48. The third kappa shape index (κ3) is 2.46. The van der Waals surface area contributed by atoms with Gasteiger partial charge in [-0.25, -0.2) is 4.98 Å². The number of aliphatic hydroxyl groups excluding tert-OH is 3. The number of H-pyrrole nitrogens is 1. The molecule has 4 unspecified atom stereocenters. The predicted octanol–water partition coefficient (Wildman–Crippen LogP) is 0.00236. The Morgan fingerprint density at radius 1 is 1.22 bits per heavy atom. The lowest BCUT2D eigenvalue weighted by Crippen LogP contribution is -2.33. The zero-order chi connectivity index (χ0) is 16.9. The van der Waals surface area contributed by atoms with Gasteiger partial charge in [0.1, 0.15) is 30.1 Å². The van der Waals surface area contributed by atoms with Crippen LogP contribution in [0.4, 0.5) is 0 Å². The highest BCUT2D eigenvalue weighted by Gasteiger charge is 2.44. The van der Waals surface area contributed by atoms with Gasteiger partial charge in [-0.15, -0.1) is 0 Å². The van der Waals surface area contributed by atoms with Crippen LogP contribution in [0.25, 0.3) is 11.0 Å². The van der Waals surface area contributed by atoms with Crippen molar-refractivity contribution in [1.29, 1.82) is 0 Å². The van der Waals surface area contributed by atoms with Crippen LogP contribution in [0.5, 0.6) is 0 Å². The lowest BCUT2D eigenvalue weighted by atomic mass is 9.99. The maximum atomic E-state index is 12.3. The zero-order valence-electron chi connectivity index (χ0n) is 13.2. The lowest BCUT2D eigenvalue weighted by Gasteiger charge is -2.16. The monoisotopic (exact) mass is 320 g/mol. The molecule has 7 nitrogen and oxygen atoms in total. The van der Waals surface area contributed by atoms with Crippen molar-refractivity contribution in [3.63, 3.8) is 0 Å². The molecule has 4 atom stereocenters. The van der Waals surface area contributed by atoms with E-state index < -0.39 is 36.6 Å². The Kier molecular flexibility index (Phi) is 3.97. The van der Waals surface area contributed by atoms with E-state index in [1.165, 1.54) is 0 Å². The van der Waals surface area contributed by atoms with Crippen molar-refractivity contribution in [2.45, 2.75) is 45.2 Å². The summed E-state index contributed by atoms with van der Waals surface area (Å²) in [6.45, 7) is 5.33. The highest BCUT2D eigenvalue weighted by atomic mass is 16.6. The molecule has 1 aliphatic heterocycles. The van der Waals surface area contributed by atoms with Gasteiger partial charge < -0.3 is 25.0 Å². The number of hydrogen-bond acceptors (Lipinski definition) is 6. The van der Waals surface area contributed by atoms with E-state index in [2.05, 4.69) is 9.97 Å². The fourth-order valence-corrected chi connectivity index (χ4v) is 3.00. The fraction of sp³-hybridized carbons (Fsp3) is 0.500. The SMILES string of the molecule is Cc1nc2[nH]c(=O)c(C3OC(CO)C(O)C3O)cc2c(C)c1C. The summed E-state index contributed by atoms with van der Waals surface area (Å²) in [4.78, 5) is 19.4. The van der Waals surface area contributed by atoms with Crippen LogP contribution in [0, 0.1) is 20.8 Å². The number of ether oxygens (including phenoxy) is 1. The van der Waals surface area contributed by atoms with Gasteiger partial charge in [-0.3, -0.25) is 4.79 Å². The first-order chi connectivity index (χ1) is 10.8. The van der Waals surface area contributed by atoms with Gasteiger partial charge in [0.15, 0.2) is 0 Å². The van der Waals surface area contributed by atoms with Crippen molar-refractivity contribution in [2.24, 2.45) is 0 Å². The van der Waals surface area contributed by atoms with Gasteiger partial charge in [0.25, 0.3) is 5.56 Å².